The average molecular weight is 212 g/mol. The highest BCUT2D eigenvalue weighted by Gasteiger charge is 2.04. The van der Waals surface area contributed by atoms with E-state index in [9.17, 15) is 9.18 Å². The van der Waals surface area contributed by atoms with Gasteiger partial charge in [-0.1, -0.05) is 0 Å². The zero-order valence-electron chi connectivity index (χ0n) is 8.50. The van der Waals surface area contributed by atoms with Crippen molar-refractivity contribution < 1.29 is 13.9 Å². The molecule has 0 aliphatic heterocycles. The number of hydrogen-bond donors (Lipinski definition) is 1. The molecule has 15 heavy (non-hydrogen) atoms. The summed E-state index contributed by atoms with van der Waals surface area (Å²) in [7, 11) is 0. The summed E-state index contributed by atoms with van der Waals surface area (Å²) in [6.45, 7) is 3.40. The largest absolute Gasteiger partial charge is 0.380 e. The molecule has 0 aliphatic rings. The third kappa shape index (κ3) is 4.03. The van der Waals surface area contributed by atoms with Gasteiger partial charge >= 0.3 is 0 Å². The summed E-state index contributed by atoms with van der Waals surface area (Å²) in [4.78, 5) is 14.8. The minimum atomic E-state index is -0.596. The molecule has 1 amide bonds. The van der Waals surface area contributed by atoms with Crippen molar-refractivity contribution in [2.24, 2.45) is 0 Å². The molecule has 0 unspecified atom stereocenters. The molecule has 1 aromatic rings. The highest BCUT2D eigenvalue weighted by Crippen LogP contribution is 1.98. The number of ether oxygens (including phenoxy) is 1. The fourth-order valence-electron chi connectivity index (χ4n) is 0.993. The number of aromatic nitrogens is 1. The van der Waals surface area contributed by atoms with Gasteiger partial charge in [0.2, 0.25) is 5.95 Å². The summed E-state index contributed by atoms with van der Waals surface area (Å²) in [5.41, 5.74) is 0.341. The number of nitrogens with zero attached hydrogens (tertiary/aromatic N) is 1. The Balaban J connectivity index is 2.37. The molecule has 0 saturated carbocycles. The van der Waals surface area contributed by atoms with Crippen molar-refractivity contribution in [1.82, 2.24) is 10.3 Å². The van der Waals surface area contributed by atoms with Gasteiger partial charge in [-0.2, -0.15) is 4.39 Å². The molecule has 0 aliphatic carbocycles. The summed E-state index contributed by atoms with van der Waals surface area (Å²) < 4.78 is 17.5. The van der Waals surface area contributed by atoms with Gasteiger partial charge in [0.15, 0.2) is 0 Å². The van der Waals surface area contributed by atoms with Gasteiger partial charge in [0.25, 0.3) is 5.91 Å². The summed E-state index contributed by atoms with van der Waals surface area (Å²) in [5.74, 6) is -0.872. The lowest BCUT2D eigenvalue weighted by atomic mass is 10.3. The summed E-state index contributed by atoms with van der Waals surface area (Å²) in [6.07, 6.45) is 1.20. The van der Waals surface area contributed by atoms with Crippen LogP contribution in [0.15, 0.2) is 18.3 Å². The van der Waals surface area contributed by atoms with E-state index in [2.05, 4.69) is 10.3 Å². The minimum absolute atomic E-state index is 0.276. The van der Waals surface area contributed by atoms with Crippen LogP contribution in [-0.4, -0.2) is 30.6 Å². The molecular weight excluding hydrogens is 199 g/mol. The molecule has 0 fully saturated rings. The monoisotopic (exact) mass is 212 g/mol. The van der Waals surface area contributed by atoms with E-state index in [4.69, 9.17) is 4.74 Å². The van der Waals surface area contributed by atoms with Crippen molar-refractivity contribution in [1.29, 1.82) is 0 Å². The number of halogens is 1. The van der Waals surface area contributed by atoms with Gasteiger partial charge in [0.1, 0.15) is 0 Å². The van der Waals surface area contributed by atoms with Crippen molar-refractivity contribution in [3.05, 3.63) is 29.8 Å². The van der Waals surface area contributed by atoms with Crippen molar-refractivity contribution >= 4 is 5.91 Å². The molecule has 0 radical (unpaired) electrons. The van der Waals surface area contributed by atoms with Gasteiger partial charge in [0, 0.05) is 19.3 Å². The van der Waals surface area contributed by atoms with Crippen LogP contribution in [0.3, 0.4) is 0 Å². The lowest BCUT2D eigenvalue weighted by Gasteiger charge is -2.04. The molecule has 1 aromatic heterocycles. The maximum atomic E-state index is 12.4. The fraction of sp³-hybridized carbons (Fsp3) is 0.400. The SMILES string of the molecule is CCOCCNC(=O)c1ccc(F)nc1. The number of rotatable bonds is 5. The predicted molar refractivity (Wildman–Crippen MR) is 53.0 cm³/mol. The summed E-state index contributed by atoms with van der Waals surface area (Å²) in [6, 6.07) is 2.54. The third-order valence-corrected chi connectivity index (χ3v) is 1.73. The van der Waals surface area contributed by atoms with Crippen LogP contribution in [0.1, 0.15) is 17.3 Å². The highest BCUT2D eigenvalue weighted by molar-refractivity contribution is 5.93. The average Bonchev–Trinajstić information content (AvgIpc) is 2.25. The number of amides is 1. The molecule has 0 atom stereocenters. The number of carbonyl (C=O) groups is 1. The van der Waals surface area contributed by atoms with Gasteiger partial charge in [-0.25, -0.2) is 4.98 Å². The van der Waals surface area contributed by atoms with Gasteiger partial charge in [0.05, 0.1) is 12.2 Å². The number of carbonyl (C=O) groups excluding carboxylic acids is 1. The fourth-order valence-corrected chi connectivity index (χ4v) is 0.993. The Labute approximate surface area is 87.5 Å². The molecule has 82 valence electrons. The quantitative estimate of drug-likeness (QED) is 0.585. The first-order valence-corrected chi connectivity index (χ1v) is 4.71. The highest BCUT2D eigenvalue weighted by atomic mass is 19.1. The Hall–Kier alpha value is -1.49. The molecule has 1 heterocycles. The van der Waals surface area contributed by atoms with Crippen molar-refractivity contribution in [2.45, 2.75) is 6.92 Å². The second-order valence-corrected chi connectivity index (χ2v) is 2.82. The van der Waals surface area contributed by atoms with Crippen molar-refractivity contribution in [3.8, 4) is 0 Å². The molecule has 0 saturated heterocycles. The van der Waals surface area contributed by atoms with Gasteiger partial charge in [-0.3, -0.25) is 4.79 Å². The van der Waals surface area contributed by atoms with Crippen LogP contribution < -0.4 is 5.32 Å². The first-order valence-electron chi connectivity index (χ1n) is 4.71. The van der Waals surface area contributed by atoms with Crippen LogP contribution in [0, 0.1) is 5.95 Å². The van der Waals surface area contributed by atoms with Crippen molar-refractivity contribution in [3.63, 3.8) is 0 Å². The second-order valence-electron chi connectivity index (χ2n) is 2.82. The zero-order chi connectivity index (χ0) is 11.1. The van der Waals surface area contributed by atoms with Gasteiger partial charge in [-0.05, 0) is 19.1 Å². The molecule has 1 rings (SSSR count). The summed E-state index contributed by atoms with van der Waals surface area (Å²) in [5, 5.41) is 2.63. The normalized spacial score (nSPS) is 10.0. The maximum absolute atomic E-state index is 12.4. The number of nitrogens with one attached hydrogen (secondary N) is 1. The van der Waals surface area contributed by atoms with E-state index in [0.29, 0.717) is 25.3 Å². The summed E-state index contributed by atoms with van der Waals surface area (Å²) >= 11 is 0. The molecule has 0 spiro atoms. The lowest BCUT2D eigenvalue weighted by molar-refractivity contribution is 0.0922. The minimum Gasteiger partial charge on any atom is -0.380 e. The first-order chi connectivity index (χ1) is 7.24. The van der Waals surface area contributed by atoms with Crippen LogP contribution in [0.4, 0.5) is 4.39 Å². The van der Waals surface area contributed by atoms with E-state index < -0.39 is 5.95 Å². The molecule has 0 bridgehead atoms. The predicted octanol–water partition coefficient (Wildman–Crippen LogP) is 0.987. The van der Waals surface area contributed by atoms with E-state index in [-0.39, 0.29) is 5.91 Å². The van der Waals surface area contributed by atoms with E-state index in [0.717, 1.165) is 6.07 Å². The topological polar surface area (TPSA) is 51.2 Å². The molecule has 0 aromatic carbocycles. The molecule has 1 N–H and O–H groups in total. The maximum Gasteiger partial charge on any atom is 0.252 e. The second kappa shape index (κ2) is 6.08. The van der Waals surface area contributed by atoms with E-state index in [1.807, 2.05) is 6.92 Å². The molecule has 4 nitrogen and oxygen atoms in total. The van der Waals surface area contributed by atoms with E-state index >= 15 is 0 Å². The smallest absolute Gasteiger partial charge is 0.252 e. The van der Waals surface area contributed by atoms with E-state index in [1.54, 1.807) is 0 Å². The first kappa shape index (κ1) is 11.6. The van der Waals surface area contributed by atoms with Crippen LogP contribution >= 0.6 is 0 Å². The molecular formula is C10H13FN2O2. The Morgan fingerprint density at radius 3 is 3.00 bits per heavy atom. The van der Waals surface area contributed by atoms with Crippen molar-refractivity contribution in [2.75, 3.05) is 19.8 Å². The lowest BCUT2D eigenvalue weighted by Crippen LogP contribution is -2.27. The van der Waals surface area contributed by atoms with Crippen LogP contribution in [0.2, 0.25) is 0 Å². The number of pyridine rings is 1. The molecule has 5 heteroatoms. The van der Waals surface area contributed by atoms with Gasteiger partial charge < -0.3 is 10.1 Å². The van der Waals surface area contributed by atoms with E-state index in [1.165, 1.54) is 12.3 Å². The standard InChI is InChI=1S/C10H13FN2O2/c1-2-15-6-5-12-10(14)8-3-4-9(11)13-7-8/h3-4,7H,2,5-6H2,1H3,(H,12,14). The van der Waals surface area contributed by atoms with Crippen LogP contribution in [0.25, 0.3) is 0 Å². The Bertz CT molecular complexity index is 314. The zero-order valence-corrected chi connectivity index (χ0v) is 8.50. The number of hydrogen-bond acceptors (Lipinski definition) is 3. The Morgan fingerprint density at radius 1 is 1.60 bits per heavy atom. The van der Waals surface area contributed by atoms with Crippen LogP contribution in [-0.2, 0) is 4.74 Å². The van der Waals surface area contributed by atoms with Gasteiger partial charge in [-0.15, -0.1) is 0 Å². The Kier molecular flexibility index (Phi) is 4.70. The Morgan fingerprint density at radius 2 is 2.40 bits per heavy atom. The third-order valence-electron chi connectivity index (χ3n) is 1.73. The van der Waals surface area contributed by atoms with Crippen LogP contribution in [0.5, 0.6) is 0 Å².